The molecule has 0 heterocycles. The fraction of sp³-hybridized carbons (Fsp3) is 0.647. The Labute approximate surface area is 123 Å². The van der Waals surface area contributed by atoms with Crippen molar-refractivity contribution in [3.8, 4) is 5.75 Å². The van der Waals surface area contributed by atoms with E-state index < -0.39 is 0 Å². The van der Waals surface area contributed by atoms with Gasteiger partial charge in [0.05, 0.1) is 7.11 Å². The van der Waals surface area contributed by atoms with Gasteiger partial charge in [-0.25, -0.2) is 0 Å². The normalized spacial score (nSPS) is 14.9. The molecule has 0 aromatic heterocycles. The summed E-state index contributed by atoms with van der Waals surface area (Å²) in [6.45, 7) is 11.2. The number of benzene rings is 1. The van der Waals surface area contributed by atoms with Gasteiger partial charge in [0.1, 0.15) is 5.75 Å². The average molecular weight is 278 g/mol. The van der Waals surface area contributed by atoms with Gasteiger partial charge < -0.3 is 4.74 Å². The summed E-state index contributed by atoms with van der Waals surface area (Å²) >= 11 is 0. The fourth-order valence-electron chi connectivity index (χ4n) is 2.94. The van der Waals surface area contributed by atoms with Gasteiger partial charge in [0.15, 0.2) is 0 Å². The van der Waals surface area contributed by atoms with E-state index in [2.05, 4.69) is 52.2 Å². The van der Waals surface area contributed by atoms with Crippen molar-refractivity contribution in [1.29, 1.82) is 0 Å². The molecule has 20 heavy (non-hydrogen) atoms. The predicted molar refractivity (Wildman–Crippen MR) is 85.6 cm³/mol. The molecule has 0 saturated carbocycles. The topological polar surface area (TPSA) is 47.3 Å². The minimum absolute atomic E-state index is 0.127. The second-order valence-corrected chi connectivity index (χ2v) is 7.07. The predicted octanol–water partition coefficient (Wildman–Crippen LogP) is 3.97. The molecular formula is C17H30N2O. The zero-order valence-electron chi connectivity index (χ0n) is 13.8. The summed E-state index contributed by atoms with van der Waals surface area (Å²) in [5.74, 6) is 7.29. The van der Waals surface area contributed by atoms with Crippen LogP contribution in [0.2, 0.25) is 0 Å². The Morgan fingerprint density at radius 2 is 1.95 bits per heavy atom. The first-order valence-corrected chi connectivity index (χ1v) is 7.37. The summed E-state index contributed by atoms with van der Waals surface area (Å²) in [6.07, 6.45) is 2.19. The number of rotatable bonds is 6. The van der Waals surface area contributed by atoms with Crippen molar-refractivity contribution < 1.29 is 4.74 Å². The van der Waals surface area contributed by atoms with E-state index in [1.165, 1.54) is 12.0 Å². The van der Waals surface area contributed by atoms with Gasteiger partial charge in [0.2, 0.25) is 0 Å². The highest BCUT2D eigenvalue weighted by Gasteiger charge is 2.21. The molecule has 0 radical (unpaired) electrons. The Kier molecular flexibility index (Phi) is 6.03. The Morgan fingerprint density at radius 1 is 1.30 bits per heavy atom. The number of nitrogens with two attached hydrogens (primary N) is 1. The maximum atomic E-state index is 5.78. The molecule has 1 aromatic carbocycles. The first-order valence-electron chi connectivity index (χ1n) is 7.37. The monoisotopic (exact) mass is 278 g/mol. The molecule has 3 N–H and O–H groups in total. The first kappa shape index (κ1) is 17.0. The highest BCUT2D eigenvalue weighted by atomic mass is 16.5. The van der Waals surface area contributed by atoms with Gasteiger partial charge in [-0.05, 0) is 37.2 Å². The molecule has 0 bridgehead atoms. The van der Waals surface area contributed by atoms with Crippen LogP contribution in [0.25, 0.3) is 0 Å². The number of hydrogen-bond acceptors (Lipinski definition) is 3. The highest BCUT2D eigenvalue weighted by molar-refractivity contribution is 5.39. The Morgan fingerprint density at radius 3 is 2.45 bits per heavy atom. The van der Waals surface area contributed by atoms with Crippen molar-refractivity contribution in [2.45, 2.75) is 53.5 Å². The standard InChI is InChI=1S/C17H30N2O/c1-12-7-8-16(20-6)14(9-12)15(19-18)10-13(2)11-17(3,4)5/h7-9,13,15,19H,10-11,18H2,1-6H3. The van der Waals surface area contributed by atoms with Crippen LogP contribution >= 0.6 is 0 Å². The molecule has 0 saturated heterocycles. The van der Waals surface area contributed by atoms with Gasteiger partial charge in [-0.15, -0.1) is 0 Å². The van der Waals surface area contributed by atoms with Crippen molar-refractivity contribution in [2.24, 2.45) is 17.2 Å². The maximum absolute atomic E-state index is 5.78. The SMILES string of the molecule is COc1ccc(C)cc1C(CC(C)CC(C)(C)C)NN. The van der Waals surface area contributed by atoms with E-state index in [9.17, 15) is 0 Å². The quantitative estimate of drug-likeness (QED) is 0.611. The molecule has 2 unspecified atom stereocenters. The fourth-order valence-corrected chi connectivity index (χ4v) is 2.94. The number of ether oxygens (including phenoxy) is 1. The summed E-state index contributed by atoms with van der Waals surface area (Å²) < 4.78 is 5.47. The Bertz CT molecular complexity index is 423. The van der Waals surface area contributed by atoms with Gasteiger partial charge in [0, 0.05) is 11.6 Å². The number of hydrazine groups is 1. The lowest BCUT2D eigenvalue weighted by molar-refractivity contribution is 0.274. The highest BCUT2D eigenvalue weighted by Crippen LogP contribution is 2.33. The van der Waals surface area contributed by atoms with E-state index >= 15 is 0 Å². The minimum atomic E-state index is 0.127. The van der Waals surface area contributed by atoms with Crippen LogP contribution in [0.3, 0.4) is 0 Å². The third-order valence-electron chi connectivity index (χ3n) is 3.56. The Balaban J connectivity index is 2.88. The molecule has 114 valence electrons. The van der Waals surface area contributed by atoms with E-state index in [1.54, 1.807) is 7.11 Å². The van der Waals surface area contributed by atoms with Gasteiger partial charge in [0.25, 0.3) is 0 Å². The Hall–Kier alpha value is -1.06. The van der Waals surface area contributed by atoms with Crippen LogP contribution in [-0.4, -0.2) is 7.11 Å². The van der Waals surface area contributed by atoms with Crippen molar-refractivity contribution in [2.75, 3.05) is 7.11 Å². The van der Waals surface area contributed by atoms with Crippen LogP contribution in [0.1, 0.15) is 57.7 Å². The number of aryl methyl sites for hydroxylation is 1. The molecule has 2 atom stereocenters. The molecule has 0 aliphatic carbocycles. The lowest BCUT2D eigenvalue weighted by Gasteiger charge is -2.27. The number of methoxy groups -OCH3 is 1. The molecule has 0 spiro atoms. The molecule has 0 amide bonds. The van der Waals surface area contributed by atoms with Crippen LogP contribution in [0, 0.1) is 18.3 Å². The van der Waals surface area contributed by atoms with Gasteiger partial charge in [-0.3, -0.25) is 11.3 Å². The summed E-state index contributed by atoms with van der Waals surface area (Å²) in [4.78, 5) is 0. The van der Waals surface area contributed by atoms with E-state index in [-0.39, 0.29) is 6.04 Å². The molecule has 0 fully saturated rings. The van der Waals surface area contributed by atoms with Crippen molar-refractivity contribution in [3.63, 3.8) is 0 Å². The van der Waals surface area contributed by atoms with Gasteiger partial charge in [-0.2, -0.15) is 0 Å². The van der Waals surface area contributed by atoms with Crippen molar-refractivity contribution in [3.05, 3.63) is 29.3 Å². The summed E-state index contributed by atoms with van der Waals surface area (Å²) in [7, 11) is 1.71. The molecular weight excluding hydrogens is 248 g/mol. The first-order chi connectivity index (χ1) is 9.26. The molecule has 0 aliphatic rings. The van der Waals surface area contributed by atoms with Crippen LogP contribution in [0.4, 0.5) is 0 Å². The van der Waals surface area contributed by atoms with E-state index in [0.717, 1.165) is 17.7 Å². The lowest BCUT2D eigenvalue weighted by Crippen LogP contribution is -2.30. The van der Waals surface area contributed by atoms with Gasteiger partial charge >= 0.3 is 0 Å². The summed E-state index contributed by atoms with van der Waals surface area (Å²) in [5.41, 5.74) is 5.67. The van der Waals surface area contributed by atoms with E-state index in [0.29, 0.717) is 11.3 Å². The van der Waals surface area contributed by atoms with E-state index in [4.69, 9.17) is 10.6 Å². The maximum Gasteiger partial charge on any atom is 0.123 e. The summed E-state index contributed by atoms with van der Waals surface area (Å²) in [5, 5.41) is 0. The molecule has 1 aromatic rings. The third-order valence-corrected chi connectivity index (χ3v) is 3.56. The second kappa shape index (κ2) is 7.09. The second-order valence-electron chi connectivity index (χ2n) is 7.07. The molecule has 3 nitrogen and oxygen atoms in total. The lowest BCUT2D eigenvalue weighted by atomic mass is 9.82. The van der Waals surface area contributed by atoms with Crippen LogP contribution in [-0.2, 0) is 0 Å². The zero-order chi connectivity index (χ0) is 15.3. The van der Waals surface area contributed by atoms with Crippen LogP contribution in [0.5, 0.6) is 5.75 Å². The van der Waals surface area contributed by atoms with Crippen molar-refractivity contribution >= 4 is 0 Å². The van der Waals surface area contributed by atoms with Crippen molar-refractivity contribution in [1.82, 2.24) is 5.43 Å². The minimum Gasteiger partial charge on any atom is -0.496 e. The molecule has 1 rings (SSSR count). The average Bonchev–Trinajstić information content (AvgIpc) is 2.33. The number of nitrogens with one attached hydrogen (secondary N) is 1. The van der Waals surface area contributed by atoms with Crippen LogP contribution in [0.15, 0.2) is 18.2 Å². The third kappa shape index (κ3) is 5.14. The summed E-state index contributed by atoms with van der Waals surface area (Å²) in [6, 6.07) is 6.37. The molecule has 3 heteroatoms. The molecule has 0 aliphatic heterocycles. The largest absolute Gasteiger partial charge is 0.496 e. The zero-order valence-corrected chi connectivity index (χ0v) is 13.8. The number of hydrogen-bond donors (Lipinski definition) is 2. The van der Waals surface area contributed by atoms with E-state index in [1.807, 2.05) is 6.07 Å². The smallest absolute Gasteiger partial charge is 0.123 e. The van der Waals surface area contributed by atoms with Crippen LogP contribution < -0.4 is 16.0 Å². The van der Waals surface area contributed by atoms with Gasteiger partial charge in [-0.1, -0.05) is 45.4 Å².